The second-order valence-corrected chi connectivity index (χ2v) is 6.94. The standard InChI is InChI=1S/C17H29NO4/c1-12(20)15-8-16(9-15)18-17(21)6-7-22-11-14-4-2-13(10-19)3-5-14/h13-16,19H,2-11H2,1H3,(H,18,21). The molecule has 0 heterocycles. The Hall–Kier alpha value is -0.940. The SMILES string of the molecule is CC(=O)C1CC(NC(=O)CCOCC2CCC(CO)CC2)C1. The Morgan fingerprint density at radius 3 is 2.36 bits per heavy atom. The minimum atomic E-state index is 0.0241. The van der Waals surface area contributed by atoms with Crippen molar-refractivity contribution in [3.05, 3.63) is 0 Å². The Labute approximate surface area is 132 Å². The lowest BCUT2D eigenvalue weighted by Crippen LogP contribution is -2.46. The van der Waals surface area contributed by atoms with Gasteiger partial charge in [-0.15, -0.1) is 0 Å². The first kappa shape index (κ1) is 17.4. The first-order valence-electron chi connectivity index (χ1n) is 8.57. The first-order valence-corrected chi connectivity index (χ1v) is 8.57. The molecule has 0 aromatic heterocycles. The Morgan fingerprint density at radius 2 is 1.77 bits per heavy atom. The zero-order valence-electron chi connectivity index (χ0n) is 13.6. The fourth-order valence-electron chi connectivity index (χ4n) is 3.36. The number of hydrogen-bond acceptors (Lipinski definition) is 4. The van der Waals surface area contributed by atoms with Gasteiger partial charge in [-0.1, -0.05) is 0 Å². The van der Waals surface area contributed by atoms with Gasteiger partial charge in [-0.05, 0) is 57.3 Å². The predicted molar refractivity (Wildman–Crippen MR) is 83.3 cm³/mol. The average molecular weight is 311 g/mol. The molecule has 2 rings (SSSR count). The maximum atomic E-state index is 11.8. The molecule has 1 amide bonds. The van der Waals surface area contributed by atoms with Gasteiger partial charge in [0, 0.05) is 31.6 Å². The Balaban J connectivity index is 1.47. The lowest BCUT2D eigenvalue weighted by Gasteiger charge is -2.34. The lowest BCUT2D eigenvalue weighted by molar-refractivity contribution is -0.128. The zero-order valence-corrected chi connectivity index (χ0v) is 13.6. The highest BCUT2D eigenvalue weighted by molar-refractivity contribution is 5.80. The fourth-order valence-corrected chi connectivity index (χ4v) is 3.36. The van der Waals surface area contributed by atoms with Crippen molar-refractivity contribution >= 4 is 11.7 Å². The number of carbonyl (C=O) groups excluding carboxylic acids is 2. The molecule has 126 valence electrons. The summed E-state index contributed by atoms with van der Waals surface area (Å²) >= 11 is 0. The van der Waals surface area contributed by atoms with E-state index in [4.69, 9.17) is 9.84 Å². The highest BCUT2D eigenvalue weighted by Crippen LogP contribution is 2.29. The molecule has 2 fully saturated rings. The van der Waals surface area contributed by atoms with Crippen molar-refractivity contribution in [3.8, 4) is 0 Å². The number of aliphatic hydroxyl groups excluding tert-OH is 1. The molecule has 0 aromatic carbocycles. The quantitative estimate of drug-likeness (QED) is 0.669. The predicted octanol–water partition coefficient (Wildman–Crippen LogP) is 1.68. The van der Waals surface area contributed by atoms with Crippen molar-refractivity contribution < 1.29 is 19.4 Å². The summed E-state index contributed by atoms with van der Waals surface area (Å²) in [6.07, 6.45) is 6.38. The smallest absolute Gasteiger partial charge is 0.222 e. The van der Waals surface area contributed by atoms with Crippen molar-refractivity contribution in [2.45, 2.75) is 57.9 Å². The molecule has 0 bridgehead atoms. The van der Waals surface area contributed by atoms with Gasteiger partial charge < -0.3 is 15.2 Å². The highest BCUT2D eigenvalue weighted by Gasteiger charge is 2.32. The van der Waals surface area contributed by atoms with Crippen molar-refractivity contribution in [2.75, 3.05) is 19.8 Å². The van der Waals surface area contributed by atoms with Crippen LogP contribution in [0.5, 0.6) is 0 Å². The number of Topliss-reactive ketones (excluding diaryl/α,β-unsaturated/α-hetero) is 1. The number of hydrogen-bond donors (Lipinski definition) is 2. The van der Waals surface area contributed by atoms with Gasteiger partial charge >= 0.3 is 0 Å². The third-order valence-electron chi connectivity index (χ3n) is 5.13. The molecular formula is C17H29NO4. The molecule has 0 aliphatic heterocycles. The Bertz CT molecular complexity index is 371. The number of ketones is 1. The molecule has 0 unspecified atom stereocenters. The van der Waals surface area contributed by atoms with E-state index >= 15 is 0 Å². The third-order valence-corrected chi connectivity index (χ3v) is 5.13. The molecule has 2 aliphatic rings. The van der Waals surface area contributed by atoms with Crippen LogP contribution in [0.4, 0.5) is 0 Å². The molecule has 0 saturated heterocycles. The molecule has 0 radical (unpaired) electrons. The number of ether oxygens (including phenoxy) is 1. The molecule has 2 N–H and O–H groups in total. The summed E-state index contributed by atoms with van der Waals surface area (Å²) in [4.78, 5) is 22.9. The van der Waals surface area contributed by atoms with Gasteiger partial charge in [-0.25, -0.2) is 0 Å². The van der Waals surface area contributed by atoms with E-state index in [2.05, 4.69) is 5.32 Å². The van der Waals surface area contributed by atoms with Gasteiger partial charge in [0.2, 0.25) is 5.91 Å². The minimum Gasteiger partial charge on any atom is -0.396 e. The van der Waals surface area contributed by atoms with Gasteiger partial charge in [-0.3, -0.25) is 9.59 Å². The van der Waals surface area contributed by atoms with E-state index in [-0.39, 0.29) is 23.7 Å². The number of nitrogens with one attached hydrogen (secondary N) is 1. The zero-order chi connectivity index (χ0) is 15.9. The normalized spacial score (nSPS) is 31.4. The van der Waals surface area contributed by atoms with E-state index in [1.807, 2.05) is 0 Å². The summed E-state index contributed by atoms with van der Waals surface area (Å²) in [5.41, 5.74) is 0. The van der Waals surface area contributed by atoms with Crippen LogP contribution in [0, 0.1) is 17.8 Å². The number of carbonyl (C=O) groups is 2. The average Bonchev–Trinajstić information content (AvgIpc) is 2.47. The first-order chi connectivity index (χ1) is 10.6. The summed E-state index contributed by atoms with van der Waals surface area (Å²) in [7, 11) is 0. The molecule has 22 heavy (non-hydrogen) atoms. The van der Waals surface area contributed by atoms with Gasteiger partial charge in [0.1, 0.15) is 5.78 Å². The molecule has 5 nitrogen and oxygen atoms in total. The monoisotopic (exact) mass is 311 g/mol. The van der Waals surface area contributed by atoms with Crippen molar-refractivity contribution in [1.29, 1.82) is 0 Å². The maximum absolute atomic E-state index is 11.8. The lowest BCUT2D eigenvalue weighted by atomic mass is 9.78. The second kappa shape index (κ2) is 8.63. The summed E-state index contributed by atoms with van der Waals surface area (Å²) in [6.45, 7) is 3.11. The molecular weight excluding hydrogens is 282 g/mol. The number of amides is 1. The Kier molecular flexibility index (Phi) is 6.83. The van der Waals surface area contributed by atoms with Crippen molar-refractivity contribution in [1.82, 2.24) is 5.32 Å². The summed E-state index contributed by atoms with van der Waals surface area (Å²) in [5.74, 6) is 1.45. The topological polar surface area (TPSA) is 75.6 Å². The molecule has 0 aromatic rings. The van der Waals surface area contributed by atoms with Crippen molar-refractivity contribution in [3.63, 3.8) is 0 Å². The fraction of sp³-hybridized carbons (Fsp3) is 0.882. The van der Waals surface area contributed by atoms with E-state index < -0.39 is 0 Å². The maximum Gasteiger partial charge on any atom is 0.222 e. The van der Waals surface area contributed by atoms with E-state index in [0.29, 0.717) is 31.5 Å². The second-order valence-electron chi connectivity index (χ2n) is 6.94. The minimum absolute atomic E-state index is 0.0241. The summed E-state index contributed by atoms with van der Waals surface area (Å²) in [6, 6.07) is 0.176. The van der Waals surface area contributed by atoms with Crippen LogP contribution < -0.4 is 5.32 Å². The van der Waals surface area contributed by atoms with Gasteiger partial charge in [-0.2, -0.15) is 0 Å². The Morgan fingerprint density at radius 1 is 1.14 bits per heavy atom. The van der Waals surface area contributed by atoms with Crippen LogP contribution in [0.1, 0.15) is 51.9 Å². The molecule has 5 heteroatoms. The van der Waals surface area contributed by atoms with E-state index in [1.54, 1.807) is 6.92 Å². The molecule has 0 spiro atoms. The highest BCUT2D eigenvalue weighted by atomic mass is 16.5. The summed E-state index contributed by atoms with van der Waals surface area (Å²) in [5, 5.41) is 12.1. The largest absolute Gasteiger partial charge is 0.396 e. The summed E-state index contributed by atoms with van der Waals surface area (Å²) < 4.78 is 5.63. The van der Waals surface area contributed by atoms with Gasteiger partial charge in [0.05, 0.1) is 6.61 Å². The number of rotatable bonds is 8. The van der Waals surface area contributed by atoms with E-state index in [1.165, 1.54) is 0 Å². The van der Waals surface area contributed by atoms with Crippen LogP contribution in [-0.2, 0) is 14.3 Å². The van der Waals surface area contributed by atoms with E-state index in [9.17, 15) is 9.59 Å². The number of aliphatic hydroxyl groups is 1. The van der Waals surface area contributed by atoms with Crippen LogP contribution in [0.3, 0.4) is 0 Å². The van der Waals surface area contributed by atoms with Crippen molar-refractivity contribution in [2.24, 2.45) is 17.8 Å². The van der Waals surface area contributed by atoms with Crippen LogP contribution in [0.15, 0.2) is 0 Å². The van der Waals surface area contributed by atoms with Crippen LogP contribution in [0.25, 0.3) is 0 Å². The van der Waals surface area contributed by atoms with Gasteiger partial charge in [0.25, 0.3) is 0 Å². The third kappa shape index (κ3) is 5.36. The molecule has 2 aliphatic carbocycles. The molecule has 2 saturated carbocycles. The van der Waals surface area contributed by atoms with Crippen LogP contribution in [-0.4, -0.2) is 42.7 Å². The van der Waals surface area contributed by atoms with Crippen LogP contribution >= 0.6 is 0 Å². The van der Waals surface area contributed by atoms with E-state index in [0.717, 1.165) is 45.1 Å². The van der Waals surface area contributed by atoms with Crippen LogP contribution in [0.2, 0.25) is 0 Å². The molecule has 0 atom stereocenters. The van der Waals surface area contributed by atoms with Gasteiger partial charge in [0.15, 0.2) is 0 Å².